The summed E-state index contributed by atoms with van der Waals surface area (Å²) >= 11 is 0. The Morgan fingerprint density at radius 2 is 2.45 bits per heavy atom. The van der Waals surface area contributed by atoms with Crippen LogP contribution in [0.1, 0.15) is 12.8 Å². The molecule has 1 unspecified atom stereocenters. The van der Waals surface area contributed by atoms with Crippen LogP contribution in [0.15, 0.2) is 0 Å². The Balaban J connectivity index is 2.29. The molecule has 0 radical (unpaired) electrons. The molecule has 1 heterocycles. The molecular weight excluding hydrogens is 144 g/mol. The van der Waals surface area contributed by atoms with E-state index in [0.717, 1.165) is 19.4 Å². The Morgan fingerprint density at radius 1 is 1.73 bits per heavy atom. The summed E-state index contributed by atoms with van der Waals surface area (Å²) in [6, 6.07) is 0.00875. The van der Waals surface area contributed by atoms with Crippen molar-refractivity contribution in [2.75, 3.05) is 13.6 Å². The largest absolute Gasteiger partial charge is 0.480 e. The summed E-state index contributed by atoms with van der Waals surface area (Å²) in [5, 5.41) is 14.7. The predicted molar refractivity (Wildman–Crippen MR) is 41.5 cm³/mol. The highest BCUT2D eigenvalue weighted by atomic mass is 16.4. The van der Waals surface area contributed by atoms with Crippen molar-refractivity contribution in [3.63, 3.8) is 0 Å². The van der Waals surface area contributed by atoms with Crippen LogP contribution in [0.2, 0.25) is 0 Å². The Morgan fingerprint density at radius 3 is 2.91 bits per heavy atom. The number of carboxylic acids is 1. The number of carboxylic acid groups (broad SMARTS) is 1. The summed E-state index contributed by atoms with van der Waals surface area (Å²) in [5.41, 5.74) is 0. The molecule has 0 aromatic rings. The summed E-state index contributed by atoms with van der Waals surface area (Å²) in [5.74, 6) is -0.733. The van der Waals surface area contributed by atoms with Gasteiger partial charge < -0.3 is 15.7 Å². The molecule has 2 atom stereocenters. The van der Waals surface area contributed by atoms with E-state index in [1.807, 2.05) is 7.05 Å². The lowest BCUT2D eigenvalue weighted by molar-refractivity contribution is -0.139. The molecule has 3 N–H and O–H groups in total. The predicted octanol–water partition coefficient (Wildman–Crippen LogP) is -0.589. The van der Waals surface area contributed by atoms with Crippen molar-refractivity contribution in [3.05, 3.63) is 0 Å². The van der Waals surface area contributed by atoms with Crippen molar-refractivity contribution in [2.45, 2.75) is 24.9 Å². The second-order valence-electron chi connectivity index (χ2n) is 2.89. The van der Waals surface area contributed by atoms with Gasteiger partial charge in [0.05, 0.1) is 0 Å². The van der Waals surface area contributed by atoms with Crippen LogP contribution in [-0.4, -0.2) is 36.8 Å². The standard InChI is InChI=1S/C7H14N2O2/c1-8-4-5-2-3-6(9-5)7(10)11/h5-6,8-9H,2-4H2,1H3,(H,10,11)/t5-,6?/m0/s1. The minimum Gasteiger partial charge on any atom is -0.480 e. The maximum atomic E-state index is 10.5. The van der Waals surface area contributed by atoms with Crippen molar-refractivity contribution in [1.29, 1.82) is 0 Å². The summed E-state index contributed by atoms with van der Waals surface area (Å²) < 4.78 is 0. The Bertz CT molecular complexity index is 149. The topological polar surface area (TPSA) is 61.4 Å². The van der Waals surface area contributed by atoms with E-state index in [2.05, 4.69) is 10.6 Å². The fourth-order valence-corrected chi connectivity index (χ4v) is 1.42. The highest BCUT2D eigenvalue weighted by molar-refractivity contribution is 5.73. The van der Waals surface area contributed by atoms with Gasteiger partial charge in [0.1, 0.15) is 6.04 Å². The molecule has 64 valence electrons. The third-order valence-corrected chi connectivity index (χ3v) is 1.99. The lowest BCUT2D eigenvalue weighted by Gasteiger charge is -2.09. The number of hydrogen-bond donors (Lipinski definition) is 3. The zero-order chi connectivity index (χ0) is 8.27. The molecule has 0 aliphatic carbocycles. The molecule has 0 aromatic heterocycles. The highest BCUT2D eigenvalue weighted by Gasteiger charge is 2.27. The van der Waals surface area contributed by atoms with Crippen molar-refractivity contribution in [2.24, 2.45) is 0 Å². The first-order chi connectivity index (χ1) is 5.24. The van der Waals surface area contributed by atoms with Crippen LogP contribution in [0, 0.1) is 0 Å². The first-order valence-corrected chi connectivity index (χ1v) is 3.87. The summed E-state index contributed by atoms with van der Waals surface area (Å²) in [7, 11) is 1.87. The molecule has 1 saturated heterocycles. The van der Waals surface area contributed by atoms with Crippen LogP contribution in [0.3, 0.4) is 0 Å². The van der Waals surface area contributed by atoms with Crippen LogP contribution in [-0.2, 0) is 4.79 Å². The Kier molecular flexibility index (Phi) is 2.84. The van der Waals surface area contributed by atoms with E-state index >= 15 is 0 Å². The molecule has 0 saturated carbocycles. The number of carbonyl (C=O) groups is 1. The van der Waals surface area contributed by atoms with Gasteiger partial charge in [-0.05, 0) is 19.9 Å². The van der Waals surface area contributed by atoms with Crippen LogP contribution >= 0.6 is 0 Å². The van der Waals surface area contributed by atoms with Gasteiger partial charge in [-0.25, -0.2) is 0 Å². The van der Waals surface area contributed by atoms with E-state index in [0.29, 0.717) is 6.04 Å². The minimum absolute atomic E-state index is 0.326. The van der Waals surface area contributed by atoms with Gasteiger partial charge in [0.25, 0.3) is 0 Å². The Labute approximate surface area is 66.0 Å². The van der Waals surface area contributed by atoms with E-state index in [4.69, 9.17) is 5.11 Å². The van der Waals surface area contributed by atoms with Crippen molar-refractivity contribution in [1.82, 2.24) is 10.6 Å². The van der Waals surface area contributed by atoms with Crippen molar-refractivity contribution in [3.8, 4) is 0 Å². The average Bonchev–Trinajstić information content (AvgIpc) is 2.37. The van der Waals surface area contributed by atoms with Gasteiger partial charge in [-0.3, -0.25) is 4.79 Å². The van der Waals surface area contributed by atoms with E-state index < -0.39 is 5.97 Å². The number of nitrogens with one attached hydrogen (secondary N) is 2. The van der Waals surface area contributed by atoms with Crippen LogP contribution < -0.4 is 10.6 Å². The van der Waals surface area contributed by atoms with E-state index in [1.54, 1.807) is 0 Å². The van der Waals surface area contributed by atoms with E-state index in [9.17, 15) is 4.79 Å². The van der Waals surface area contributed by atoms with Crippen molar-refractivity contribution < 1.29 is 9.90 Å². The zero-order valence-corrected chi connectivity index (χ0v) is 6.63. The normalized spacial score (nSPS) is 30.6. The fourth-order valence-electron chi connectivity index (χ4n) is 1.42. The molecule has 0 aromatic carbocycles. The van der Waals surface area contributed by atoms with Gasteiger partial charge in [-0.1, -0.05) is 0 Å². The SMILES string of the molecule is CNC[C@@H]1CCC(C(=O)O)N1. The molecule has 0 amide bonds. The van der Waals surface area contributed by atoms with Gasteiger partial charge in [-0.15, -0.1) is 0 Å². The second kappa shape index (κ2) is 3.69. The quantitative estimate of drug-likeness (QED) is 0.514. The van der Waals surface area contributed by atoms with E-state index in [-0.39, 0.29) is 6.04 Å². The lowest BCUT2D eigenvalue weighted by Crippen LogP contribution is -2.39. The fraction of sp³-hybridized carbons (Fsp3) is 0.857. The van der Waals surface area contributed by atoms with Gasteiger partial charge in [0.15, 0.2) is 0 Å². The number of likely N-dealkylation sites (N-methyl/N-ethyl adjacent to an activating group) is 1. The first-order valence-electron chi connectivity index (χ1n) is 3.87. The third-order valence-electron chi connectivity index (χ3n) is 1.99. The molecule has 1 aliphatic heterocycles. The average molecular weight is 158 g/mol. The number of rotatable bonds is 3. The first kappa shape index (κ1) is 8.49. The molecule has 1 fully saturated rings. The van der Waals surface area contributed by atoms with Gasteiger partial charge in [-0.2, -0.15) is 0 Å². The van der Waals surface area contributed by atoms with Crippen LogP contribution in [0.4, 0.5) is 0 Å². The molecule has 4 nitrogen and oxygen atoms in total. The smallest absolute Gasteiger partial charge is 0.320 e. The maximum absolute atomic E-state index is 10.5. The highest BCUT2D eigenvalue weighted by Crippen LogP contribution is 2.11. The second-order valence-corrected chi connectivity index (χ2v) is 2.89. The zero-order valence-electron chi connectivity index (χ0n) is 6.63. The molecule has 11 heavy (non-hydrogen) atoms. The summed E-state index contributed by atoms with van der Waals surface area (Å²) in [6.45, 7) is 0.851. The van der Waals surface area contributed by atoms with Gasteiger partial charge in [0, 0.05) is 12.6 Å². The summed E-state index contributed by atoms with van der Waals surface area (Å²) in [4.78, 5) is 10.5. The Hall–Kier alpha value is -0.610. The van der Waals surface area contributed by atoms with Crippen molar-refractivity contribution >= 4 is 5.97 Å². The van der Waals surface area contributed by atoms with E-state index in [1.165, 1.54) is 0 Å². The van der Waals surface area contributed by atoms with Crippen LogP contribution in [0.25, 0.3) is 0 Å². The lowest BCUT2D eigenvalue weighted by atomic mass is 10.2. The monoisotopic (exact) mass is 158 g/mol. The summed E-state index contributed by atoms with van der Waals surface area (Å²) in [6.07, 6.45) is 1.71. The molecule has 0 spiro atoms. The molecule has 0 bridgehead atoms. The molecule has 1 rings (SSSR count). The van der Waals surface area contributed by atoms with Gasteiger partial charge in [0.2, 0.25) is 0 Å². The van der Waals surface area contributed by atoms with Crippen LogP contribution in [0.5, 0.6) is 0 Å². The van der Waals surface area contributed by atoms with Gasteiger partial charge >= 0.3 is 5.97 Å². The minimum atomic E-state index is -0.733. The third kappa shape index (κ3) is 2.17. The molecule has 4 heteroatoms. The molecule has 1 aliphatic rings. The number of aliphatic carboxylic acids is 1. The maximum Gasteiger partial charge on any atom is 0.320 e. The molecular formula is C7H14N2O2. The number of hydrogen-bond acceptors (Lipinski definition) is 3.